The van der Waals surface area contributed by atoms with Crippen molar-refractivity contribution in [3.8, 4) is 11.3 Å². The van der Waals surface area contributed by atoms with Crippen molar-refractivity contribution in [2.24, 2.45) is 4.99 Å². The number of aromatic nitrogens is 3. The molecule has 3 aromatic rings. The predicted octanol–water partition coefficient (Wildman–Crippen LogP) is 4.07. The minimum atomic E-state index is -0.271. The van der Waals surface area contributed by atoms with Gasteiger partial charge in [-0.25, -0.2) is 15.0 Å². The molecule has 1 unspecified atom stereocenters. The second kappa shape index (κ2) is 10.8. The van der Waals surface area contributed by atoms with Gasteiger partial charge in [-0.1, -0.05) is 30.9 Å². The molecule has 2 aromatic heterocycles. The lowest BCUT2D eigenvalue weighted by molar-refractivity contribution is -0.127. The van der Waals surface area contributed by atoms with E-state index in [2.05, 4.69) is 28.5 Å². The molecule has 0 radical (unpaired) electrons. The fourth-order valence-corrected chi connectivity index (χ4v) is 4.36. The fourth-order valence-electron chi connectivity index (χ4n) is 4.36. The third kappa shape index (κ3) is 4.81. The quantitative estimate of drug-likeness (QED) is 0.227. The molecule has 0 aliphatic carbocycles. The van der Waals surface area contributed by atoms with Gasteiger partial charge in [0.15, 0.2) is 0 Å². The predicted molar refractivity (Wildman–Crippen MR) is 141 cm³/mol. The number of benzene rings is 1. The van der Waals surface area contributed by atoms with Crippen molar-refractivity contribution >= 4 is 29.0 Å². The van der Waals surface area contributed by atoms with E-state index in [9.17, 15) is 9.59 Å². The van der Waals surface area contributed by atoms with Gasteiger partial charge in [0.1, 0.15) is 28.7 Å². The zero-order chi connectivity index (χ0) is 25.7. The molecule has 1 saturated heterocycles. The van der Waals surface area contributed by atoms with Crippen molar-refractivity contribution in [1.29, 1.82) is 0 Å². The van der Waals surface area contributed by atoms with Gasteiger partial charge < -0.3 is 16.0 Å². The number of amides is 2. The minimum absolute atomic E-state index is 0.123. The van der Waals surface area contributed by atoms with Gasteiger partial charge in [0.25, 0.3) is 5.91 Å². The number of hydrogen-bond donors (Lipinski definition) is 2. The van der Waals surface area contributed by atoms with Gasteiger partial charge in [-0.2, -0.15) is 0 Å². The number of anilines is 1. The van der Waals surface area contributed by atoms with Crippen LogP contribution < -0.4 is 11.1 Å². The topological polar surface area (TPSA) is 118 Å². The van der Waals surface area contributed by atoms with Gasteiger partial charge in [-0.05, 0) is 38.0 Å². The van der Waals surface area contributed by atoms with Gasteiger partial charge in [-0.15, -0.1) is 6.58 Å². The maximum Gasteiger partial charge on any atom is 0.256 e. The van der Waals surface area contributed by atoms with Crippen LogP contribution in [0.15, 0.2) is 79.2 Å². The van der Waals surface area contributed by atoms with E-state index in [1.165, 1.54) is 6.08 Å². The maximum atomic E-state index is 12.8. The highest BCUT2D eigenvalue weighted by Crippen LogP contribution is 2.36. The number of amidine groups is 1. The average Bonchev–Trinajstić information content (AvgIpc) is 3.52. The van der Waals surface area contributed by atoms with Gasteiger partial charge >= 0.3 is 0 Å². The first-order chi connectivity index (χ1) is 17.5. The number of imidazole rings is 1. The number of likely N-dealkylation sites (tertiary alicyclic amines) is 1. The Hall–Kier alpha value is -4.53. The minimum Gasteiger partial charge on any atom is -0.382 e. The van der Waals surface area contributed by atoms with E-state index in [0.29, 0.717) is 41.4 Å². The number of nitrogens with two attached hydrogens (primary N) is 1. The lowest BCUT2D eigenvalue weighted by atomic mass is 10.1. The zero-order valence-electron chi connectivity index (χ0n) is 20.2. The van der Waals surface area contributed by atoms with Crippen LogP contribution in [0.25, 0.3) is 16.8 Å². The molecule has 9 nitrogen and oxygen atoms in total. The molecule has 9 heteroatoms. The normalized spacial score (nSPS) is 16.0. The number of hydrogen-bond acceptors (Lipinski definition) is 6. The van der Waals surface area contributed by atoms with E-state index in [-0.39, 0.29) is 17.9 Å². The lowest BCUT2D eigenvalue weighted by Crippen LogP contribution is -2.30. The number of allylic oxidation sites excluding steroid dienone is 1. The van der Waals surface area contributed by atoms with Crippen LogP contribution in [0.3, 0.4) is 0 Å². The van der Waals surface area contributed by atoms with Crippen LogP contribution in [-0.2, 0) is 4.79 Å². The van der Waals surface area contributed by atoms with Crippen LogP contribution in [0.4, 0.5) is 5.82 Å². The summed E-state index contributed by atoms with van der Waals surface area (Å²) in [5, 5.41) is 2.82. The van der Waals surface area contributed by atoms with Gasteiger partial charge in [-0.3, -0.25) is 14.0 Å². The van der Waals surface area contributed by atoms with E-state index in [4.69, 9.17) is 10.7 Å². The number of nitrogen functional groups attached to an aromatic ring is 1. The van der Waals surface area contributed by atoms with Crippen LogP contribution in [0.5, 0.6) is 0 Å². The third-order valence-corrected chi connectivity index (χ3v) is 6.01. The van der Waals surface area contributed by atoms with E-state index >= 15 is 0 Å². The first-order valence-electron chi connectivity index (χ1n) is 11.7. The first kappa shape index (κ1) is 24.6. The molecule has 1 atom stereocenters. The molecule has 0 spiro atoms. The monoisotopic (exact) mass is 483 g/mol. The Labute approximate surface area is 209 Å². The SMILES string of the molecule is C=CCC(=N/C=C\C)NC(=O)c1ccc(-c2nc(C3CCCN3C(=O)C=C)n3ccnc(N)c23)cc1. The van der Waals surface area contributed by atoms with Crippen LogP contribution in [0, 0.1) is 0 Å². The number of fused-ring (bicyclic) bond motifs is 1. The highest BCUT2D eigenvalue weighted by Gasteiger charge is 2.33. The Morgan fingerprint density at radius 1 is 1.28 bits per heavy atom. The van der Waals surface area contributed by atoms with Crippen molar-refractivity contribution in [2.45, 2.75) is 32.2 Å². The molecule has 4 rings (SSSR count). The summed E-state index contributed by atoms with van der Waals surface area (Å²) in [6.07, 6.45) is 12.0. The molecule has 0 saturated carbocycles. The number of nitrogens with zero attached hydrogens (tertiary/aromatic N) is 5. The van der Waals surface area contributed by atoms with Crippen molar-refractivity contribution in [2.75, 3.05) is 12.3 Å². The first-order valence-corrected chi connectivity index (χ1v) is 11.7. The number of carbonyl (C=O) groups is 2. The van der Waals surface area contributed by atoms with Crippen LogP contribution in [0.2, 0.25) is 0 Å². The average molecular weight is 484 g/mol. The number of nitrogens with one attached hydrogen (secondary N) is 1. The summed E-state index contributed by atoms with van der Waals surface area (Å²) < 4.78 is 1.90. The van der Waals surface area contributed by atoms with Crippen molar-refractivity contribution in [1.82, 2.24) is 24.6 Å². The standard InChI is InChI=1S/C27H29N7O2/c1-4-8-21(29-14-5-2)31-27(36)19-12-10-18(11-13-19)23-24-25(28)30-15-17-34(24)26(32-23)20-9-7-16-33(20)22(35)6-3/h4-6,10-15,17,20H,1,3,7-9,16H2,2H3,(H2,28,30)(H,29,31,36)/b14-5-. The lowest BCUT2D eigenvalue weighted by Gasteiger charge is -2.22. The number of carbonyl (C=O) groups excluding carboxylic acids is 2. The molecule has 3 N–H and O–H groups in total. The summed E-state index contributed by atoms with van der Waals surface area (Å²) in [5.74, 6) is 1.17. The smallest absolute Gasteiger partial charge is 0.256 e. The second-order valence-corrected chi connectivity index (χ2v) is 8.33. The van der Waals surface area contributed by atoms with Gasteiger partial charge in [0, 0.05) is 42.7 Å². The Balaban J connectivity index is 1.68. The molecular weight excluding hydrogens is 454 g/mol. The molecule has 1 aromatic carbocycles. The molecular formula is C27H29N7O2. The van der Waals surface area contributed by atoms with Crippen LogP contribution in [0.1, 0.15) is 48.4 Å². The third-order valence-electron chi connectivity index (χ3n) is 6.01. The second-order valence-electron chi connectivity index (χ2n) is 8.33. The Morgan fingerprint density at radius 2 is 2.06 bits per heavy atom. The molecule has 1 aliphatic rings. The van der Waals surface area contributed by atoms with Gasteiger partial charge in [0.2, 0.25) is 5.91 Å². The van der Waals surface area contributed by atoms with E-state index < -0.39 is 0 Å². The molecule has 184 valence electrons. The van der Waals surface area contributed by atoms with Crippen LogP contribution >= 0.6 is 0 Å². The summed E-state index contributed by atoms with van der Waals surface area (Å²) >= 11 is 0. The summed E-state index contributed by atoms with van der Waals surface area (Å²) in [5.41, 5.74) is 8.83. The van der Waals surface area contributed by atoms with Crippen LogP contribution in [-0.4, -0.2) is 43.5 Å². The summed E-state index contributed by atoms with van der Waals surface area (Å²) in [6, 6.07) is 6.91. The largest absolute Gasteiger partial charge is 0.382 e. The highest BCUT2D eigenvalue weighted by molar-refractivity contribution is 6.07. The molecule has 36 heavy (non-hydrogen) atoms. The van der Waals surface area contributed by atoms with E-state index in [0.717, 1.165) is 24.2 Å². The summed E-state index contributed by atoms with van der Waals surface area (Å²) in [4.78, 5) is 40.4. The number of aliphatic imine (C=N–C) groups is 1. The zero-order valence-corrected chi connectivity index (χ0v) is 20.2. The Morgan fingerprint density at radius 3 is 2.75 bits per heavy atom. The highest BCUT2D eigenvalue weighted by atomic mass is 16.2. The molecule has 2 amide bonds. The van der Waals surface area contributed by atoms with E-state index in [1.807, 2.05) is 23.5 Å². The van der Waals surface area contributed by atoms with E-state index in [1.54, 1.807) is 47.8 Å². The Bertz CT molecular complexity index is 1370. The van der Waals surface area contributed by atoms with Crippen molar-refractivity contribution < 1.29 is 9.59 Å². The molecule has 3 heterocycles. The fraction of sp³-hybridized carbons (Fsp3) is 0.222. The molecule has 0 bridgehead atoms. The maximum absolute atomic E-state index is 12.8. The molecule has 1 fully saturated rings. The number of rotatable bonds is 7. The summed E-state index contributed by atoms with van der Waals surface area (Å²) in [6.45, 7) is 9.84. The van der Waals surface area contributed by atoms with Gasteiger partial charge in [0.05, 0.1) is 6.04 Å². The van der Waals surface area contributed by atoms with Crippen molar-refractivity contribution in [3.05, 3.63) is 85.6 Å². The summed E-state index contributed by atoms with van der Waals surface area (Å²) in [7, 11) is 0. The molecule has 1 aliphatic heterocycles. The Kier molecular flexibility index (Phi) is 7.39. The van der Waals surface area contributed by atoms with Crippen molar-refractivity contribution in [3.63, 3.8) is 0 Å².